The molecule has 0 aliphatic heterocycles. The molecule has 1 aromatic rings. The lowest BCUT2D eigenvalue weighted by atomic mass is 9.91. The van der Waals surface area contributed by atoms with Gasteiger partial charge in [0, 0.05) is 38.9 Å². The second-order valence-corrected chi connectivity index (χ2v) is 14.1. The Morgan fingerprint density at radius 1 is 0.702 bits per heavy atom. The molecule has 0 bridgehead atoms. The predicted octanol–water partition coefficient (Wildman–Crippen LogP) is 3.02. The van der Waals surface area contributed by atoms with Crippen LogP contribution in [0.15, 0.2) is 12.1 Å². The minimum atomic E-state index is -4.06. The van der Waals surface area contributed by atoms with Crippen molar-refractivity contribution in [1.29, 1.82) is 0 Å². The van der Waals surface area contributed by atoms with Crippen molar-refractivity contribution in [2.75, 3.05) is 87.0 Å². The maximum atomic E-state index is 12.7. The van der Waals surface area contributed by atoms with E-state index < -0.39 is 50.0 Å². The number of alkyl carbamates (subject to hydrolysis) is 4. The molecule has 23 heteroatoms. The molecule has 0 saturated heterocycles. The Morgan fingerprint density at radius 3 is 1.81 bits per heavy atom. The quantitative estimate of drug-likeness (QED) is 0.0290. The fourth-order valence-electron chi connectivity index (χ4n) is 4.93. The highest BCUT2D eigenvalue weighted by Gasteiger charge is 2.32. The Balaban J connectivity index is 2.38. The third kappa shape index (κ3) is 23.4. The molecule has 0 spiro atoms. The summed E-state index contributed by atoms with van der Waals surface area (Å²) in [4.78, 5) is 69.3. The number of methoxy groups -OCH3 is 2. The first-order valence-corrected chi connectivity index (χ1v) is 19.6. The van der Waals surface area contributed by atoms with Crippen molar-refractivity contribution in [3.63, 3.8) is 0 Å². The van der Waals surface area contributed by atoms with E-state index in [1.165, 1.54) is 14.2 Å². The molecular weight excluding hydrogens is 779 g/mol. The molecule has 1 rings (SSSR count). The van der Waals surface area contributed by atoms with E-state index in [4.69, 9.17) is 28.6 Å². The largest absolute Gasteiger partial charge is 0.488 e. The SMILES string of the molecule is COC(=O)NCC(CNC(=O)OC)OC(=O)NCCOCCOCCNC(=O)Oc1cc(C)cc(C)c1C(C)(C)OC(=O)NCCCCCCNOP(=O)(O)OC. The van der Waals surface area contributed by atoms with Crippen LogP contribution in [0.4, 0.5) is 24.0 Å². The number of hydrogen-bond acceptors (Lipinski definition) is 16. The Labute approximate surface area is 332 Å². The van der Waals surface area contributed by atoms with E-state index in [1.807, 2.05) is 19.9 Å². The van der Waals surface area contributed by atoms with Crippen LogP contribution >= 0.6 is 7.82 Å². The number of carbonyl (C=O) groups is 5. The van der Waals surface area contributed by atoms with E-state index in [2.05, 4.69) is 50.7 Å². The van der Waals surface area contributed by atoms with E-state index in [9.17, 15) is 28.5 Å². The van der Waals surface area contributed by atoms with Crippen molar-refractivity contribution in [2.24, 2.45) is 0 Å². The summed E-state index contributed by atoms with van der Waals surface area (Å²) in [6.45, 7) is 8.51. The molecule has 0 aromatic heterocycles. The second kappa shape index (κ2) is 28.0. The van der Waals surface area contributed by atoms with Crippen molar-refractivity contribution >= 4 is 38.3 Å². The molecule has 0 heterocycles. The predicted molar refractivity (Wildman–Crippen MR) is 203 cm³/mol. The van der Waals surface area contributed by atoms with Crippen LogP contribution < -0.4 is 36.8 Å². The van der Waals surface area contributed by atoms with Crippen LogP contribution in [-0.4, -0.2) is 128 Å². The van der Waals surface area contributed by atoms with Crippen molar-refractivity contribution in [3.8, 4) is 5.75 Å². The standard InChI is InChI=1S/C34H59N6O16P/c1-24-20-25(2)28(34(3,4)55-33(45)35-12-10-8-9-11-13-40-56-57(46,47)50-7)27(21-24)54-32(44)37-15-17-52-19-18-51-16-14-36-31(43)53-26(22-38-29(41)48-5)23-39-30(42)49-6/h20-21,26,40H,8-19,22-23H2,1-7H3,(H,35,45)(H,36,43)(H,37,44)(H,38,41)(H,39,42)(H,46,47). The third-order valence-corrected chi connectivity index (χ3v) is 8.30. The van der Waals surface area contributed by atoms with Gasteiger partial charge in [-0.1, -0.05) is 18.9 Å². The highest BCUT2D eigenvalue weighted by molar-refractivity contribution is 7.47. The summed E-state index contributed by atoms with van der Waals surface area (Å²) >= 11 is 0. The van der Waals surface area contributed by atoms with Gasteiger partial charge in [0.05, 0.1) is 53.7 Å². The van der Waals surface area contributed by atoms with Crippen LogP contribution in [0.3, 0.4) is 0 Å². The van der Waals surface area contributed by atoms with Gasteiger partial charge >= 0.3 is 38.3 Å². The fraction of sp³-hybridized carbons (Fsp3) is 0.676. The Morgan fingerprint density at radius 2 is 1.25 bits per heavy atom. The molecule has 57 heavy (non-hydrogen) atoms. The molecule has 0 aliphatic carbocycles. The minimum Gasteiger partial charge on any atom is -0.453 e. The summed E-state index contributed by atoms with van der Waals surface area (Å²) in [6, 6.07) is 3.58. The van der Waals surface area contributed by atoms with Gasteiger partial charge in [-0.05, 0) is 57.7 Å². The van der Waals surface area contributed by atoms with Crippen molar-refractivity contribution in [1.82, 2.24) is 32.1 Å². The molecule has 22 nitrogen and oxygen atoms in total. The van der Waals surface area contributed by atoms with E-state index >= 15 is 0 Å². The van der Waals surface area contributed by atoms with Gasteiger partial charge < -0.3 is 64.6 Å². The molecule has 0 saturated carbocycles. The zero-order chi connectivity index (χ0) is 42.7. The maximum absolute atomic E-state index is 12.7. The first-order valence-electron chi connectivity index (χ1n) is 18.1. The van der Waals surface area contributed by atoms with Crippen molar-refractivity contribution in [2.45, 2.75) is 65.1 Å². The van der Waals surface area contributed by atoms with Crippen LogP contribution in [0.1, 0.15) is 56.2 Å². The van der Waals surface area contributed by atoms with Crippen LogP contribution in [0, 0.1) is 13.8 Å². The minimum absolute atomic E-state index is 0.105. The van der Waals surface area contributed by atoms with E-state index in [0.717, 1.165) is 31.1 Å². The Bertz CT molecular complexity index is 1430. The Hall–Kier alpha value is -4.44. The number of phosphoric acid groups is 1. The molecule has 7 N–H and O–H groups in total. The van der Waals surface area contributed by atoms with Crippen LogP contribution in [0.25, 0.3) is 0 Å². The number of rotatable bonds is 27. The summed E-state index contributed by atoms with van der Waals surface area (Å²) in [5.74, 6) is 0.237. The molecule has 1 unspecified atom stereocenters. The highest BCUT2D eigenvalue weighted by Crippen LogP contribution is 2.40. The number of phosphoric ester groups is 1. The molecule has 1 aromatic carbocycles. The number of unbranched alkanes of at least 4 members (excludes halogenated alkanes) is 3. The Kier molecular flexibility index (Phi) is 24.9. The van der Waals surface area contributed by atoms with Gasteiger partial charge in [-0.15, -0.1) is 0 Å². The highest BCUT2D eigenvalue weighted by atomic mass is 31.2. The van der Waals surface area contributed by atoms with Gasteiger partial charge in [0.15, 0.2) is 0 Å². The van der Waals surface area contributed by atoms with Crippen molar-refractivity contribution < 1.29 is 75.7 Å². The number of hydroxylamine groups is 1. The topological polar surface area (TPSA) is 278 Å². The fourth-order valence-corrected chi connectivity index (χ4v) is 5.25. The smallest absolute Gasteiger partial charge is 0.453 e. The van der Waals surface area contributed by atoms with Gasteiger partial charge in [-0.25, -0.2) is 28.5 Å². The lowest BCUT2D eigenvalue weighted by Crippen LogP contribution is -2.44. The number of nitrogens with one attached hydrogen (secondary N) is 6. The molecule has 326 valence electrons. The first-order chi connectivity index (χ1) is 27.0. The van der Waals surface area contributed by atoms with Crippen LogP contribution in [0.2, 0.25) is 0 Å². The molecule has 0 radical (unpaired) electrons. The zero-order valence-electron chi connectivity index (χ0n) is 33.6. The molecular formula is C34H59N6O16P. The number of carbonyl (C=O) groups excluding carboxylic acids is 5. The van der Waals surface area contributed by atoms with Gasteiger partial charge in [0.1, 0.15) is 17.5 Å². The second-order valence-electron chi connectivity index (χ2n) is 12.6. The number of aryl methyl sites for hydroxylation is 2. The normalized spacial score (nSPS) is 12.2. The molecule has 5 amide bonds. The number of benzene rings is 1. The summed E-state index contributed by atoms with van der Waals surface area (Å²) < 4.78 is 56.5. The maximum Gasteiger partial charge on any atom is 0.488 e. The monoisotopic (exact) mass is 838 g/mol. The van der Waals surface area contributed by atoms with Crippen LogP contribution in [0.5, 0.6) is 5.75 Å². The number of amides is 5. The van der Waals surface area contributed by atoms with E-state index in [-0.39, 0.29) is 58.4 Å². The van der Waals surface area contributed by atoms with Gasteiger partial charge in [0.2, 0.25) is 0 Å². The van der Waals surface area contributed by atoms with Gasteiger partial charge in [-0.2, -0.15) is 10.1 Å². The lowest BCUT2D eigenvalue weighted by Gasteiger charge is -2.29. The van der Waals surface area contributed by atoms with Crippen LogP contribution in [-0.2, 0) is 47.7 Å². The first kappa shape index (κ1) is 50.6. The van der Waals surface area contributed by atoms with Gasteiger partial charge in [-0.3, -0.25) is 4.52 Å². The number of ether oxygens (including phenoxy) is 7. The van der Waals surface area contributed by atoms with E-state index in [0.29, 0.717) is 31.5 Å². The average Bonchev–Trinajstić information content (AvgIpc) is 3.14. The molecule has 1 atom stereocenters. The summed E-state index contributed by atoms with van der Waals surface area (Å²) in [6.07, 6.45) is -1.60. The summed E-state index contributed by atoms with van der Waals surface area (Å²) in [5.41, 5.74) is 3.35. The van der Waals surface area contributed by atoms with E-state index in [1.54, 1.807) is 19.9 Å². The molecule has 0 fully saturated rings. The average molecular weight is 839 g/mol. The lowest BCUT2D eigenvalue weighted by molar-refractivity contribution is 0.0344. The van der Waals surface area contributed by atoms with Crippen molar-refractivity contribution in [3.05, 3.63) is 28.8 Å². The zero-order valence-corrected chi connectivity index (χ0v) is 34.5. The summed E-state index contributed by atoms with van der Waals surface area (Å²) in [7, 11) is -0.638. The van der Waals surface area contributed by atoms with Gasteiger partial charge in [0.25, 0.3) is 0 Å². The molecule has 0 aliphatic rings. The third-order valence-electron chi connectivity index (χ3n) is 7.48. The number of hydrogen-bond donors (Lipinski definition) is 7. The summed E-state index contributed by atoms with van der Waals surface area (Å²) in [5, 5.41) is 12.6.